The first-order chi connectivity index (χ1) is 9.38. The maximum absolute atomic E-state index is 3.75. The van der Waals surface area contributed by atoms with Crippen LogP contribution in [0.4, 0.5) is 0 Å². The quantitative estimate of drug-likeness (QED) is 0.717. The molecule has 102 valence electrons. The van der Waals surface area contributed by atoms with Crippen LogP contribution in [-0.2, 0) is 0 Å². The largest absolute Gasteiger partial charge is 0.306 e. The van der Waals surface area contributed by atoms with Gasteiger partial charge in [0.15, 0.2) is 0 Å². The molecule has 1 nitrogen and oxygen atoms in total. The smallest absolute Gasteiger partial charge is 0.0631 e. The number of allylic oxidation sites excluding steroid dienone is 1. The minimum Gasteiger partial charge on any atom is -0.306 e. The maximum atomic E-state index is 3.75. The van der Waals surface area contributed by atoms with Gasteiger partial charge in [-0.15, -0.1) is 22.7 Å². The monoisotopic (exact) mass is 291 g/mol. The van der Waals surface area contributed by atoms with Crippen LogP contribution in [0, 0.1) is 0 Å². The Morgan fingerprint density at radius 1 is 1.32 bits per heavy atom. The van der Waals surface area contributed by atoms with Crippen molar-refractivity contribution in [3.05, 3.63) is 34.0 Å². The third kappa shape index (κ3) is 2.93. The third-order valence-corrected chi connectivity index (χ3v) is 5.90. The summed E-state index contributed by atoms with van der Waals surface area (Å²) in [6.45, 7) is 3.35. The Kier molecular flexibility index (Phi) is 4.36. The molecule has 2 aromatic heterocycles. The van der Waals surface area contributed by atoms with Crippen molar-refractivity contribution in [1.29, 1.82) is 0 Å². The molecule has 2 heterocycles. The van der Waals surface area contributed by atoms with Gasteiger partial charge in [0, 0.05) is 14.3 Å². The van der Waals surface area contributed by atoms with Crippen LogP contribution >= 0.6 is 22.7 Å². The van der Waals surface area contributed by atoms with Crippen molar-refractivity contribution in [3.8, 4) is 0 Å². The van der Waals surface area contributed by atoms with E-state index in [9.17, 15) is 0 Å². The van der Waals surface area contributed by atoms with Crippen molar-refractivity contribution in [2.45, 2.75) is 45.1 Å². The Balaban J connectivity index is 1.89. The standard InChI is InChI=1S/C16H21NS2/c1-2-9-17-16(12-6-4-3-5-7-12)15-11-14-13(19-15)8-10-18-14/h6,8,10-11,16-17H,2-5,7,9H2,1H3. The van der Waals surface area contributed by atoms with E-state index < -0.39 is 0 Å². The topological polar surface area (TPSA) is 12.0 Å². The summed E-state index contributed by atoms with van der Waals surface area (Å²) >= 11 is 3.82. The zero-order valence-corrected chi connectivity index (χ0v) is 13.1. The molecule has 0 aromatic carbocycles. The van der Waals surface area contributed by atoms with Crippen molar-refractivity contribution < 1.29 is 0 Å². The minimum absolute atomic E-state index is 0.463. The molecule has 1 N–H and O–H groups in total. The van der Waals surface area contributed by atoms with E-state index in [-0.39, 0.29) is 0 Å². The molecule has 0 radical (unpaired) electrons. The molecule has 1 atom stereocenters. The van der Waals surface area contributed by atoms with Gasteiger partial charge in [0.1, 0.15) is 0 Å². The normalized spacial score (nSPS) is 17.6. The van der Waals surface area contributed by atoms with Crippen LogP contribution in [0.15, 0.2) is 29.2 Å². The van der Waals surface area contributed by atoms with E-state index in [1.54, 1.807) is 5.57 Å². The molecule has 0 aliphatic heterocycles. The molecule has 19 heavy (non-hydrogen) atoms. The minimum atomic E-state index is 0.463. The number of rotatable bonds is 5. The van der Waals surface area contributed by atoms with E-state index in [1.165, 1.54) is 46.4 Å². The lowest BCUT2D eigenvalue weighted by Gasteiger charge is -2.23. The average Bonchev–Trinajstić information content (AvgIpc) is 3.02. The molecule has 1 aliphatic rings. The highest BCUT2D eigenvalue weighted by atomic mass is 32.1. The molecular formula is C16H21NS2. The summed E-state index contributed by atoms with van der Waals surface area (Å²) in [5, 5.41) is 5.95. The summed E-state index contributed by atoms with van der Waals surface area (Å²) in [7, 11) is 0. The van der Waals surface area contributed by atoms with Gasteiger partial charge in [0.25, 0.3) is 0 Å². The highest BCUT2D eigenvalue weighted by molar-refractivity contribution is 7.27. The molecule has 0 amide bonds. The molecule has 1 aliphatic carbocycles. The summed E-state index contributed by atoms with van der Waals surface area (Å²) in [5.41, 5.74) is 1.62. The van der Waals surface area contributed by atoms with Gasteiger partial charge in [-0.2, -0.15) is 0 Å². The molecule has 2 aromatic rings. The molecule has 1 unspecified atom stereocenters. The van der Waals surface area contributed by atoms with Crippen LogP contribution in [0.1, 0.15) is 49.9 Å². The average molecular weight is 291 g/mol. The van der Waals surface area contributed by atoms with Crippen molar-refractivity contribution in [1.82, 2.24) is 5.32 Å². The van der Waals surface area contributed by atoms with Crippen molar-refractivity contribution in [3.63, 3.8) is 0 Å². The number of thiophene rings is 2. The van der Waals surface area contributed by atoms with Crippen LogP contribution in [0.3, 0.4) is 0 Å². The zero-order valence-electron chi connectivity index (χ0n) is 11.4. The van der Waals surface area contributed by atoms with E-state index in [2.05, 4.69) is 35.8 Å². The Morgan fingerprint density at radius 3 is 3.00 bits per heavy atom. The van der Waals surface area contributed by atoms with Crippen LogP contribution in [-0.4, -0.2) is 6.54 Å². The van der Waals surface area contributed by atoms with Crippen LogP contribution < -0.4 is 5.32 Å². The molecule has 0 bridgehead atoms. The van der Waals surface area contributed by atoms with Crippen LogP contribution in [0.5, 0.6) is 0 Å². The number of hydrogen-bond acceptors (Lipinski definition) is 3. The number of fused-ring (bicyclic) bond motifs is 1. The molecule has 3 rings (SSSR count). The van der Waals surface area contributed by atoms with Crippen LogP contribution in [0.25, 0.3) is 9.40 Å². The third-order valence-electron chi connectivity index (χ3n) is 3.74. The van der Waals surface area contributed by atoms with E-state index in [0.29, 0.717) is 6.04 Å². The highest BCUT2D eigenvalue weighted by Crippen LogP contribution is 2.38. The summed E-state index contributed by atoms with van der Waals surface area (Å²) in [6.07, 6.45) is 8.93. The number of nitrogens with one attached hydrogen (secondary N) is 1. The van der Waals surface area contributed by atoms with Gasteiger partial charge in [-0.3, -0.25) is 0 Å². The molecule has 0 spiro atoms. The Bertz CT molecular complexity index is 536. The Labute approximate surface area is 123 Å². The van der Waals surface area contributed by atoms with E-state index in [0.717, 1.165) is 6.54 Å². The summed E-state index contributed by atoms with van der Waals surface area (Å²) in [4.78, 5) is 1.50. The van der Waals surface area contributed by atoms with Gasteiger partial charge in [0.2, 0.25) is 0 Å². The Hall–Kier alpha value is -0.640. The lowest BCUT2D eigenvalue weighted by atomic mass is 9.93. The van der Waals surface area contributed by atoms with Crippen LogP contribution in [0.2, 0.25) is 0 Å². The van der Waals surface area contributed by atoms with Crippen molar-refractivity contribution in [2.75, 3.05) is 6.54 Å². The fourth-order valence-corrected chi connectivity index (χ4v) is 4.99. The predicted molar refractivity (Wildman–Crippen MR) is 87.3 cm³/mol. The molecule has 0 saturated heterocycles. The maximum Gasteiger partial charge on any atom is 0.0631 e. The van der Waals surface area contributed by atoms with Gasteiger partial charge in [-0.25, -0.2) is 0 Å². The summed E-state index contributed by atoms with van der Waals surface area (Å²) in [5.74, 6) is 0. The molecule has 3 heteroatoms. The molecule has 0 fully saturated rings. The van der Waals surface area contributed by atoms with E-state index in [1.807, 2.05) is 22.7 Å². The lowest BCUT2D eigenvalue weighted by molar-refractivity contribution is 0.553. The van der Waals surface area contributed by atoms with Crippen molar-refractivity contribution in [2.24, 2.45) is 0 Å². The van der Waals surface area contributed by atoms with E-state index in [4.69, 9.17) is 0 Å². The van der Waals surface area contributed by atoms with Gasteiger partial charge < -0.3 is 5.32 Å². The molecular weight excluding hydrogens is 270 g/mol. The van der Waals surface area contributed by atoms with E-state index >= 15 is 0 Å². The lowest BCUT2D eigenvalue weighted by Crippen LogP contribution is -2.24. The second-order valence-corrected chi connectivity index (χ2v) is 7.27. The SMILES string of the molecule is CCCNC(C1=CCCCC1)c1cc2sccc2s1. The summed E-state index contributed by atoms with van der Waals surface area (Å²) in [6, 6.07) is 5.11. The van der Waals surface area contributed by atoms with Crippen molar-refractivity contribution >= 4 is 32.1 Å². The zero-order chi connectivity index (χ0) is 13.1. The fourth-order valence-electron chi connectivity index (χ4n) is 2.75. The predicted octanol–water partition coefficient (Wildman–Crippen LogP) is 5.50. The number of hydrogen-bond donors (Lipinski definition) is 1. The fraction of sp³-hybridized carbons (Fsp3) is 0.500. The van der Waals surface area contributed by atoms with Gasteiger partial charge in [0.05, 0.1) is 6.04 Å². The highest BCUT2D eigenvalue weighted by Gasteiger charge is 2.20. The first-order valence-electron chi connectivity index (χ1n) is 7.27. The molecule has 0 saturated carbocycles. The second-order valence-electron chi connectivity index (χ2n) is 5.21. The van der Waals surface area contributed by atoms with Gasteiger partial charge in [-0.1, -0.05) is 18.6 Å². The second kappa shape index (κ2) is 6.21. The summed E-state index contributed by atoms with van der Waals surface area (Å²) < 4.78 is 2.89. The van der Waals surface area contributed by atoms with Gasteiger partial charge in [-0.05, 0) is 56.2 Å². The first-order valence-corrected chi connectivity index (χ1v) is 8.97. The first kappa shape index (κ1) is 13.3. The van der Waals surface area contributed by atoms with Gasteiger partial charge >= 0.3 is 0 Å². The Morgan fingerprint density at radius 2 is 2.26 bits per heavy atom.